The number of fused-ring (bicyclic) bond motifs is 1. The lowest BCUT2D eigenvalue weighted by Crippen LogP contribution is -2.19. The maximum atomic E-state index is 12.5. The van der Waals surface area contributed by atoms with E-state index in [0.717, 1.165) is 22.0 Å². The molecule has 0 unspecified atom stereocenters. The molecule has 3 rings (SSSR count). The van der Waals surface area contributed by atoms with Crippen LogP contribution in [-0.2, 0) is 9.53 Å². The minimum absolute atomic E-state index is 0.180. The molecule has 2 aromatic heterocycles. The third-order valence-electron chi connectivity index (χ3n) is 4.77. The predicted molar refractivity (Wildman–Crippen MR) is 117 cm³/mol. The number of ether oxygens (including phenoxy) is 1. The summed E-state index contributed by atoms with van der Waals surface area (Å²) in [6.45, 7) is 12.0. The smallest absolute Gasteiger partial charge is 0.343 e. The van der Waals surface area contributed by atoms with Crippen LogP contribution in [0.3, 0.4) is 0 Å². The number of aromatic nitrogens is 3. The Balaban J connectivity index is 2.15. The van der Waals surface area contributed by atoms with Crippen LogP contribution in [0.4, 0.5) is 5.82 Å². The van der Waals surface area contributed by atoms with Gasteiger partial charge in [0.05, 0.1) is 18.3 Å². The third-order valence-corrected chi connectivity index (χ3v) is 4.77. The van der Waals surface area contributed by atoms with Gasteiger partial charge in [-0.2, -0.15) is 9.78 Å². The second-order valence-corrected chi connectivity index (χ2v) is 7.96. The van der Waals surface area contributed by atoms with Gasteiger partial charge in [-0.1, -0.05) is 25.5 Å². The second-order valence-electron chi connectivity index (χ2n) is 7.96. The molecule has 1 aromatic carbocycles. The number of nitrogens with one attached hydrogen (secondary N) is 1. The Hall–Kier alpha value is -3.22. The Morgan fingerprint density at radius 1 is 1.13 bits per heavy atom. The Labute approximate surface area is 176 Å². The summed E-state index contributed by atoms with van der Waals surface area (Å²) in [5, 5.41) is 8.26. The van der Waals surface area contributed by atoms with E-state index >= 15 is 0 Å². The van der Waals surface area contributed by atoms with Crippen LogP contribution in [0, 0.1) is 26.7 Å². The van der Waals surface area contributed by atoms with Crippen molar-refractivity contribution in [2.45, 2.75) is 48.0 Å². The lowest BCUT2D eigenvalue weighted by atomic mass is 10.0. The van der Waals surface area contributed by atoms with Crippen molar-refractivity contribution in [1.29, 1.82) is 0 Å². The fourth-order valence-electron chi connectivity index (χ4n) is 3.49. The van der Waals surface area contributed by atoms with E-state index in [0.29, 0.717) is 12.2 Å². The van der Waals surface area contributed by atoms with Crippen molar-refractivity contribution in [2.24, 2.45) is 5.92 Å². The van der Waals surface area contributed by atoms with E-state index in [1.807, 2.05) is 33.8 Å². The first-order valence-electron chi connectivity index (χ1n) is 10.1. The van der Waals surface area contributed by atoms with Crippen molar-refractivity contribution in [2.75, 3.05) is 11.9 Å². The van der Waals surface area contributed by atoms with Crippen LogP contribution in [0.25, 0.3) is 16.7 Å². The van der Waals surface area contributed by atoms with Crippen molar-refractivity contribution in [3.63, 3.8) is 0 Å². The summed E-state index contributed by atoms with van der Waals surface area (Å²) in [5.74, 6) is 0.256. The van der Waals surface area contributed by atoms with Gasteiger partial charge in [-0.3, -0.25) is 4.79 Å². The van der Waals surface area contributed by atoms with Crippen molar-refractivity contribution in [3.8, 4) is 5.82 Å². The van der Waals surface area contributed by atoms with E-state index in [1.165, 1.54) is 16.4 Å². The zero-order valence-electron chi connectivity index (χ0n) is 18.4. The maximum absolute atomic E-state index is 12.5. The first-order valence-corrected chi connectivity index (χ1v) is 10.1. The van der Waals surface area contributed by atoms with Crippen LogP contribution >= 0.6 is 0 Å². The molecule has 3 aromatic rings. The number of aryl methyl sites for hydroxylation is 3. The molecule has 7 nitrogen and oxygen atoms in total. The number of hydrogen-bond acceptors (Lipinski definition) is 5. The van der Waals surface area contributed by atoms with Crippen molar-refractivity contribution in [1.82, 2.24) is 14.8 Å². The number of esters is 1. The van der Waals surface area contributed by atoms with Gasteiger partial charge in [0, 0.05) is 11.8 Å². The highest BCUT2D eigenvalue weighted by molar-refractivity contribution is 6.00. The normalized spacial score (nSPS) is 11.2. The number of anilines is 1. The van der Waals surface area contributed by atoms with Crippen molar-refractivity contribution < 1.29 is 14.3 Å². The molecule has 0 aliphatic carbocycles. The molecular formula is C23H28N4O3. The number of pyridine rings is 1. The number of amides is 1. The third kappa shape index (κ3) is 4.35. The number of benzene rings is 1. The van der Waals surface area contributed by atoms with Gasteiger partial charge in [-0.25, -0.2) is 9.78 Å². The molecule has 0 aliphatic rings. The molecule has 0 fully saturated rings. The Morgan fingerprint density at radius 3 is 2.53 bits per heavy atom. The molecule has 30 heavy (non-hydrogen) atoms. The second kappa shape index (κ2) is 8.65. The molecule has 0 radical (unpaired) electrons. The maximum Gasteiger partial charge on any atom is 0.343 e. The van der Waals surface area contributed by atoms with Crippen LogP contribution in [-0.4, -0.2) is 33.2 Å². The average molecular weight is 409 g/mol. The fraction of sp³-hybridized carbons (Fsp3) is 0.391. The van der Waals surface area contributed by atoms with Gasteiger partial charge < -0.3 is 10.1 Å². The SMILES string of the molecule is CCOC(=O)c1cnn(-c2cc(C)c3cc(C)cc(C)c3n2)c1NC(=O)CC(C)C. The lowest BCUT2D eigenvalue weighted by molar-refractivity contribution is -0.116. The Morgan fingerprint density at radius 2 is 1.87 bits per heavy atom. The summed E-state index contributed by atoms with van der Waals surface area (Å²) in [7, 11) is 0. The van der Waals surface area contributed by atoms with Gasteiger partial charge in [-0.05, 0) is 56.9 Å². The molecule has 2 heterocycles. The number of carbonyl (C=O) groups excluding carboxylic acids is 2. The summed E-state index contributed by atoms with van der Waals surface area (Å²) < 4.78 is 6.64. The van der Waals surface area contributed by atoms with E-state index < -0.39 is 5.97 Å². The van der Waals surface area contributed by atoms with Crippen molar-refractivity contribution >= 4 is 28.6 Å². The van der Waals surface area contributed by atoms with E-state index in [1.54, 1.807) is 6.92 Å². The minimum atomic E-state index is -0.534. The molecule has 0 aliphatic heterocycles. The highest BCUT2D eigenvalue weighted by Crippen LogP contribution is 2.27. The molecule has 0 saturated carbocycles. The standard InChI is InChI=1S/C23H28N4O3/c1-7-30-23(29)18-12-24-27(22(18)26-20(28)8-13(2)3)19-11-15(5)17-10-14(4)9-16(6)21(17)25-19/h9-13H,7-8H2,1-6H3,(H,26,28). The molecular weight excluding hydrogens is 380 g/mol. The first-order chi connectivity index (χ1) is 14.2. The van der Waals surface area contributed by atoms with Crippen LogP contribution < -0.4 is 5.32 Å². The molecule has 1 N–H and O–H groups in total. The molecule has 0 atom stereocenters. The van der Waals surface area contributed by atoms with Crippen LogP contribution in [0.1, 0.15) is 54.2 Å². The van der Waals surface area contributed by atoms with E-state index in [9.17, 15) is 9.59 Å². The van der Waals surface area contributed by atoms with Crippen LogP contribution in [0.5, 0.6) is 0 Å². The quantitative estimate of drug-likeness (QED) is 0.607. The zero-order chi connectivity index (χ0) is 22.0. The van der Waals surface area contributed by atoms with E-state index in [-0.39, 0.29) is 29.8 Å². The summed E-state index contributed by atoms with van der Waals surface area (Å²) in [6, 6.07) is 6.09. The van der Waals surface area contributed by atoms with Gasteiger partial charge in [-0.15, -0.1) is 0 Å². The van der Waals surface area contributed by atoms with Crippen LogP contribution in [0.2, 0.25) is 0 Å². The molecule has 0 bridgehead atoms. The summed E-state index contributed by atoms with van der Waals surface area (Å²) in [5.41, 5.74) is 4.33. The lowest BCUT2D eigenvalue weighted by Gasteiger charge is -2.14. The Kier molecular flexibility index (Phi) is 6.20. The number of nitrogens with zero attached hydrogens (tertiary/aromatic N) is 3. The summed E-state index contributed by atoms with van der Waals surface area (Å²) in [4.78, 5) is 29.7. The van der Waals surface area contributed by atoms with Gasteiger partial charge in [0.25, 0.3) is 0 Å². The zero-order valence-corrected chi connectivity index (χ0v) is 18.4. The van der Waals surface area contributed by atoms with Gasteiger partial charge in [0.2, 0.25) is 5.91 Å². The molecule has 0 spiro atoms. The van der Waals surface area contributed by atoms with Crippen molar-refractivity contribution in [3.05, 3.63) is 46.6 Å². The Bertz CT molecular complexity index is 1120. The van der Waals surface area contributed by atoms with Gasteiger partial charge in [0.1, 0.15) is 5.56 Å². The van der Waals surface area contributed by atoms with E-state index in [4.69, 9.17) is 9.72 Å². The van der Waals surface area contributed by atoms with E-state index in [2.05, 4.69) is 29.5 Å². The largest absolute Gasteiger partial charge is 0.462 e. The monoisotopic (exact) mass is 408 g/mol. The fourth-order valence-corrected chi connectivity index (χ4v) is 3.49. The van der Waals surface area contributed by atoms with Gasteiger partial charge >= 0.3 is 5.97 Å². The van der Waals surface area contributed by atoms with Gasteiger partial charge in [0.15, 0.2) is 11.6 Å². The first kappa shape index (κ1) is 21.5. The number of rotatable bonds is 6. The highest BCUT2D eigenvalue weighted by Gasteiger charge is 2.23. The molecule has 7 heteroatoms. The predicted octanol–water partition coefficient (Wildman–Crippen LogP) is 4.51. The average Bonchev–Trinajstić information content (AvgIpc) is 3.05. The van der Waals surface area contributed by atoms with Crippen LogP contribution in [0.15, 0.2) is 24.4 Å². The minimum Gasteiger partial charge on any atom is -0.462 e. The summed E-state index contributed by atoms with van der Waals surface area (Å²) >= 11 is 0. The molecule has 1 amide bonds. The topological polar surface area (TPSA) is 86.1 Å². The number of carbonyl (C=O) groups is 2. The molecule has 0 saturated heterocycles. The summed E-state index contributed by atoms with van der Waals surface area (Å²) in [6.07, 6.45) is 1.74. The molecule has 158 valence electrons. The highest BCUT2D eigenvalue weighted by atomic mass is 16.5. The number of hydrogen-bond donors (Lipinski definition) is 1.